The van der Waals surface area contributed by atoms with Gasteiger partial charge in [0.05, 0.1) is 22.3 Å². The van der Waals surface area contributed by atoms with Crippen LogP contribution in [0, 0.1) is 0 Å². The van der Waals surface area contributed by atoms with Gasteiger partial charge < -0.3 is 9.47 Å². The molecule has 4 heterocycles. The minimum atomic E-state index is -0.418. The Labute approximate surface area is 294 Å². The zero-order valence-corrected chi connectivity index (χ0v) is 30.0. The monoisotopic (exact) mass is 658 g/mol. The third-order valence-corrected chi connectivity index (χ3v) is 11.1. The molecule has 2 aliphatic heterocycles. The topological polar surface area (TPSA) is 69.0 Å². The zero-order chi connectivity index (χ0) is 35.1. The van der Waals surface area contributed by atoms with E-state index in [1.807, 2.05) is 18.5 Å². The Morgan fingerprint density at radius 2 is 0.940 bits per heavy atom. The first-order chi connectivity index (χ1) is 23.7. The van der Waals surface area contributed by atoms with Crippen molar-refractivity contribution in [3.8, 4) is 33.5 Å². The number of ether oxygens (including phenoxy) is 2. The molecule has 0 fully saturated rings. The molecule has 8 rings (SSSR count). The van der Waals surface area contributed by atoms with Crippen molar-refractivity contribution in [3.63, 3.8) is 0 Å². The van der Waals surface area contributed by atoms with Crippen LogP contribution in [0.15, 0.2) is 119 Å². The number of nitrogens with zero attached hydrogens (tertiary/aromatic N) is 4. The molecule has 0 amide bonds. The van der Waals surface area contributed by atoms with Gasteiger partial charge in [-0.3, -0.25) is 9.97 Å². The molecule has 0 atom stereocenters. The van der Waals surface area contributed by atoms with Gasteiger partial charge in [0.25, 0.3) is 0 Å². The zero-order valence-electron chi connectivity index (χ0n) is 30.0. The molecule has 250 valence electrons. The fourth-order valence-electron chi connectivity index (χ4n) is 6.70. The van der Waals surface area contributed by atoms with Crippen molar-refractivity contribution in [2.75, 3.05) is 0 Å². The number of hydrogen-bond donors (Lipinski definition) is 0. The van der Waals surface area contributed by atoms with Gasteiger partial charge in [0, 0.05) is 23.5 Å². The highest BCUT2D eigenvalue weighted by Gasteiger charge is 2.46. The summed E-state index contributed by atoms with van der Waals surface area (Å²) in [7, 11) is 0. The van der Waals surface area contributed by atoms with E-state index in [1.165, 1.54) is 0 Å². The van der Waals surface area contributed by atoms with Crippen molar-refractivity contribution < 1.29 is 9.47 Å². The Hall–Kier alpha value is -5.36. The van der Waals surface area contributed by atoms with E-state index in [-0.39, 0.29) is 11.1 Å². The van der Waals surface area contributed by atoms with Crippen LogP contribution >= 0.6 is 0 Å². The molecule has 2 aromatic heterocycles. The van der Waals surface area contributed by atoms with Crippen molar-refractivity contribution in [1.82, 2.24) is 9.97 Å². The van der Waals surface area contributed by atoms with E-state index in [0.717, 1.165) is 66.3 Å². The first-order valence-corrected chi connectivity index (χ1v) is 17.3. The van der Waals surface area contributed by atoms with E-state index >= 15 is 0 Å². The Kier molecular flexibility index (Phi) is 7.06. The van der Waals surface area contributed by atoms with Crippen LogP contribution in [-0.2, 0) is 9.47 Å². The fourth-order valence-corrected chi connectivity index (χ4v) is 6.70. The highest BCUT2D eigenvalue weighted by molar-refractivity contribution is 6.21. The lowest BCUT2D eigenvalue weighted by atomic mass is 9.86. The lowest BCUT2D eigenvalue weighted by Gasteiger charge is -2.30. The Morgan fingerprint density at radius 1 is 0.420 bits per heavy atom. The highest BCUT2D eigenvalue weighted by Crippen LogP contribution is 2.45. The summed E-state index contributed by atoms with van der Waals surface area (Å²) < 4.78 is 12.6. The molecule has 50 heavy (non-hydrogen) atoms. The summed E-state index contributed by atoms with van der Waals surface area (Å²) in [6.07, 6.45) is 3.84. The third kappa shape index (κ3) is 5.08. The second-order valence-corrected chi connectivity index (χ2v) is 15.5. The minimum Gasteiger partial charge on any atom is -0.469 e. The van der Waals surface area contributed by atoms with Gasteiger partial charge in [0.1, 0.15) is 16.9 Å². The molecule has 4 aromatic carbocycles. The summed E-state index contributed by atoms with van der Waals surface area (Å²) in [6.45, 7) is 16.7. The molecule has 0 spiro atoms. The van der Waals surface area contributed by atoms with Crippen LogP contribution in [0.25, 0.3) is 55.1 Å². The van der Waals surface area contributed by atoms with Crippen LogP contribution in [0.2, 0.25) is 0 Å². The van der Waals surface area contributed by atoms with E-state index in [2.05, 4.69) is 146 Å². The Bertz CT molecular complexity index is 2350. The largest absolute Gasteiger partial charge is 0.469 e. The van der Waals surface area contributed by atoms with Gasteiger partial charge in [-0.25, -0.2) is 9.98 Å². The molecule has 0 aliphatic carbocycles. The molecule has 0 radical (unpaired) electrons. The molecule has 0 unspecified atom stereocenters. The van der Waals surface area contributed by atoms with E-state index in [0.29, 0.717) is 11.8 Å². The quantitative estimate of drug-likeness (QED) is 0.173. The van der Waals surface area contributed by atoms with Crippen LogP contribution in [0.3, 0.4) is 0 Å². The molecule has 0 N–H and O–H groups in total. The smallest absolute Gasteiger partial charge is 0.236 e. The Morgan fingerprint density at radius 3 is 1.52 bits per heavy atom. The molecule has 2 aliphatic rings. The van der Waals surface area contributed by atoms with Gasteiger partial charge >= 0.3 is 0 Å². The number of aliphatic imine (C=N–C) groups is 2. The molecule has 6 heteroatoms. The number of rotatable bonds is 5. The lowest BCUT2D eigenvalue weighted by molar-refractivity contribution is 0.0616. The maximum atomic E-state index is 6.32. The number of hydrogen-bond acceptors (Lipinski definition) is 6. The van der Waals surface area contributed by atoms with Crippen LogP contribution in [-0.4, -0.2) is 44.0 Å². The predicted octanol–water partition coefficient (Wildman–Crippen LogP) is 10.5. The van der Waals surface area contributed by atoms with Crippen molar-refractivity contribution in [2.24, 2.45) is 9.98 Å². The van der Waals surface area contributed by atoms with E-state index in [1.54, 1.807) is 0 Å². The van der Waals surface area contributed by atoms with Crippen molar-refractivity contribution in [2.45, 2.75) is 77.7 Å². The normalized spacial score (nSPS) is 18.4. The lowest BCUT2D eigenvalue weighted by Crippen LogP contribution is -2.41. The summed E-state index contributed by atoms with van der Waals surface area (Å²) in [6, 6.07) is 34.2. The molecule has 0 bridgehead atoms. The van der Waals surface area contributed by atoms with Crippen LogP contribution in [0.1, 0.15) is 66.6 Å². The van der Waals surface area contributed by atoms with Crippen LogP contribution in [0.5, 0.6) is 0 Å². The van der Waals surface area contributed by atoms with Crippen LogP contribution < -0.4 is 0 Å². The third-order valence-electron chi connectivity index (χ3n) is 11.1. The van der Waals surface area contributed by atoms with Gasteiger partial charge in [-0.15, -0.1) is 0 Å². The number of benzene rings is 4. The van der Waals surface area contributed by atoms with E-state index in [9.17, 15) is 0 Å². The number of pyridine rings is 2. The van der Waals surface area contributed by atoms with Gasteiger partial charge in [-0.05, 0) is 118 Å². The second-order valence-electron chi connectivity index (χ2n) is 15.5. The molecular formula is C44H42N4O2. The summed E-state index contributed by atoms with van der Waals surface area (Å²) in [5.74, 6) is 1.22. The summed E-state index contributed by atoms with van der Waals surface area (Å²) >= 11 is 0. The first kappa shape index (κ1) is 31.9. The standard InChI is InChI=1S/C44H42N4O2/c1-41(2)43(5,6)49-39(47-41)30-20-22-35(45-26-30)38-32-17-13-12-16-31(32)37(33-21-18-28(24-34(33)38)27-14-10-9-11-15-27)29-19-23-36(46-25-29)40-48-42(3,4)44(7,8)50-40/h9-26H,1-8H3. The van der Waals surface area contributed by atoms with Crippen molar-refractivity contribution in [3.05, 3.63) is 121 Å². The number of aromatic nitrogens is 2. The molecular weight excluding hydrogens is 617 g/mol. The first-order valence-electron chi connectivity index (χ1n) is 17.3. The Balaban J connectivity index is 1.31. The number of fused-ring (bicyclic) bond motifs is 2. The molecule has 6 aromatic rings. The second kappa shape index (κ2) is 11.1. The van der Waals surface area contributed by atoms with E-state index in [4.69, 9.17) is 29.4 Å². The molecule has 6 nitrogen and oxygen atoms in total. The molecule has 0 saturated heterocycles. The fraction of sp³-hybridized carbons (Fsp3) is 0.273. The maximum absolute atomic E-state index is 6.32. The molecule has 0 saturated carbocycles. The SMILES string of the molecule is CC1(C)N=C(c2ccc(-c3c4ccccc4c(-c4ccc(C5=NC(C)(C)C(C)(C)O5)nc4)c4ccc(-c5ccccc5)cc34)nc2)OC1(C)C. The minimum absolute atomic E-state index is 0.338. The average Bonchev–Trinajstić information content (AvgIpc) is 3.46. The summed E-state index contributed by atoms with van der Waals surface area (Å²) in [4.78, 5) is 19.8. The van der Waals surface area contributed by atoms with Gasteiger partial charge in [-0.1, -0.05) is 72.8 Å². The van der Waals surface area contributed by atoms with Crippen LogP contribution in [0.4, 0.5) is 0 Å². The highest BCUT2D eigenvalue weighted by atomic mass is 16.5. The average molecular weight is 659 g/mol. The van der Waals surface area contributed by atoms with Gasteiger partial charge in [-0.2, -0.15) is 0 Å². The predicted molar refractivity (Wildman–Crippen MR) is 205 cm³/mol. The van der Waals surface area contributed by atoms with Crippen molar-refractivity contribution in [1.29, 1.82) is 0 Å². The maximum Gasteiger partial charge on any atom is 0.236 e. The van der Waals surface area contributed by atoms with Crippen molar-refractivity contribution >= 4 is 33.3 Å². The van der Waals surface area contributed by atoms with E-state index < -0.39 is 11.2 Å². The van der Waals surface area contributed by atoms with Gasteiger partial charge in [0.2, 0.25) is 11.8 Å². The summed E-state index contributed by atoms with van der Waals surface area (Å²) in [5, 5.41) is 4.50. The van der Waals surface area contributed by atoms with Gasteiger partial charge in [0.15, 0.2) is 0 Å². The summed E-state index contributed by atoms with van der Waals surface area (Å²) in [5.41, 5.74) is 6.52.